The molecule has 2 aliphatic heterocycles. The highest BCUT2D eigenvalue weighted by atomic mass is 16.4. The number of benzene rings is 1. The molecule has 0 radical (unpaired) electrons. The zero-order valence-corrected chi connectivity index (χ0v) is 16.7. The molecule has 0 spiro atoms. The summed E-state index contributed by atoms with van der Waals surface area (Å²) >= 11 is 0. The van der Waals surface area contributed by atoms with Crippen LogP contribution in [0, 0.1) is 19.8 Å². The molecular weight excluding hydrogens is 364 g/mol. The van der Waals surface area contributed by atoms with E-state index in [1.807, 2.05) is 25.1 Å². The van der Waals surface area contributed by atoms with Crippen LogP contribution in [0.1, 0.15) is 41.0 Å². The Balaban J connectivity index is 1.56. The first kappa shape index (κ1) is 18.1. The van der Waals surface area contributed by atoms with Crippen molar-refractivity contribution in [3.8, 4) is 5.75 Å². The summed E-state index contributed by atoms with van der Waals surface area (Å²) in [4.78, 5) is 4.40. The summed E-state index contributed by atoms with van der Waals surface area (Å²) in [6.45, 7) is 6.18. The van der Waals surface area contributed by atoms with Crippen LogP contribution >= 0.6 is 0 Å². The summed E-state index contributed by atoms with van der Waals surface area (Å²) in [7, 11) is 0. The number of piperidine rings is 1. The van der Waals surface area contributed by atoms with Gasteiger partial charge in [-0.25, -0.2) is 4.98 Å². The van der Waals surface area contributed by atoms with Gasteiger partial charge in [0.1, 0.15) is 11.3 Å². The molecule has 0 unspecified atom stereocenters. The normalized spacial score (nSPS) is 18.1. The maximum Gasteiger partial charge on any atom is 0.184 e. The van der Waals surface area contributed by atoms with Gasteiger partial charge in [-0.1, -0.05) is 6.07 Å². The summed E-state index contributed by atoms with van der Waals surface area (Å²) in [5.74, 6) is 1.82. The molecule has 1 aromatic carbocycles. The van der Waals surface area contributed by atoms with Crippen molar-refractivity contribution < 1.29 is 9.52 Å². The minimum absolute atomic E-state index is 0.155. The number of pyridine rings is 1. The van der Waals surface area contributed by atoms with Gasteiger partial charge in [0.05, 0.1) is 5.39 Å². The second kappa shape index (κ2) is 7.12. The Hall–Kier alpha value is -2.99. The minimum atomic E-state index is 0.155. The molecule has 0 amide bonds. The van der Waals surface area contributed by atoms with Crippen molar-refractivity contribution in [1.82, 2.24) is 10.3 Å². The Bertz CT molecular complexity index is 1150. The van der Waals surface area contributed by atoms with Gasteiger partial charge < -0.3 is 14.8 Å². The fourth-order valence-corrected chi connectivity index (χ4v) is 4.25. The predicted octanol–water partition coefficient (Wildman–Crippen LogP) is 5.29. The van der Waals surface area contributed by atoms with Crippen LogP contribution in [0.15, 0.2) is 38.9 Å². The summed E-state index contributed by atoms with van der Waals surface area (Å²) in [5.41, 5.74) is 5.58. The zero-order valence-electron chi connectivity index (χ0n) is 16.7. The number of furan rings is 1. The third-order valence-electron chi connectivity index (χ3n) is 5.96. The molecule has 6 nitrogen and oxygen atoms in total. The quantitative estimate of drug-likeness (QED) is 0.639. The predicted molar refractivity (Wildman–Crippen MR) is 113 cm³/mol. The van der Waals surface area contributed by atoms with Crippen LogP contribution in [0.5, 0.6) is 5.75 Å². The van der Waals surface area contributed by atoms with E-state index in [4.69, 9.17) is 4.42 Å². The molecule has 0 bridgehead atoms. The van der Waals surface area contributed by atoms with Crippen LogP contribution in [0.3, 0.4) is 0 Å². The topological polar surface area (TPSA) is 83.0 Å². The molecule has 5 rings (SSSR count). The Morgan fingerprint density at radius 1 is 1.14 bits per heavy atom. The average Bonchev–Trinajstić information content (AvgIpc) is 3.26. The van der Waals surface area contributed by atoms with Crippen LogP contribution < -0.4 is 5.32 Å². The zero-order chi connectivity index (χ0) is 20.0. The van der Waals surface area contributed by atoms with E-state index in [1.165, 1.54) is 24.0 Å². The van der Waals surface area contributed by atoms with Gasteiger partial charge in [0.25, 0.3) is 0 Å². The van der Waals surface area contributed by atoms with Gasteiger partial charge in [-0.2, -0.15) is 0 Å². The second-order valence-electron chi connectivity index (χ2n) is 8.00. The summed E-state index contributed by atoms with van der Waals surface area (Å²) in [6.07, 6.45) is 5.07. The van der Waals surface area contributed by atoms with Gasteiger partial charge in [-0.15, -0.1) is 10.2 Å². The van der Waals surface area contributed by atoms with Crippen LogP contribution in [0.4, 0.5) is 5.82 Å². The molecule has 148 valence electrons. The number of hydrogen-bond acceptors (Lipinski definition) is 6. The van der Waals surface area contributed by atoms with Gasteiger partial charge >= 0.3 is 0 Å². The summed E-state index contributed by atoms with van der Waals surface area (Å²) < 4.78 is 6.19. The molecule has 0 aliphatic carbocycles. The highest BCUT2D eigenvalue weighted by Crippen LogP contribution is 2.41. The van der Waals surface area contributed by atoms with E-state index in [0.29, 0.717) is 23.2 Å². The molecule has 29 heavy (non-hydrogen) atoms. The van der Waals surface area contributed by atoms with Crippen molar-refractivity contribution in [3.63, 3.8) is 0 Å². The van der Waals surface area contributed by atoms with Crippen LogP contribution in [0.25, 0.3) is 22.7 Å². The van der Waals surface area contributed by atoms with Crippen molar-refractivity contribution >= 4 is 28.6 Å². The molecule has 0 atom stereocenters. The molecule has 1 saturated heterocycles. The molecule has 2 aromatic heterocycles. The fraction of sp³-hybridized carbons (Fsp3) is 0.348. The first-order valence-electron chi connectivity index (χ1n) is 10.2. The number of azo groups is 1. The Labute approximate surface area is 169 Å². The number of fused-ring (bicyclic) bond motifs is 2. The molecule has 0 saturated carbocycles. The van der Waals surface area contributed by atoms with Gasteiger partial charge in [0.2, 0.25) is 0 Å². The minimum Gasteiger partial charge on any atom is -0.504 e. The number of aromatic nitrogens is 1. The number of hydrogen-bond donors (Lipinski definition) is 2. The van der Waals surface area contributed by atoms with Crippen molar-refractivity contribution in [3.05, 3.63) is 52.4 Å². The lowest BCUT2D eigenvalue weighted by Crippen LogP contribution is -2.28. The molecule has 2 aliphatic rings. The van der Waals surface area contributed by atoms with E-state index in [-0.39, 0.29) is 5.75 Å². The smallest absolute Gasteiger partial charge is 0.184 e. The van der Waals surface area contributed by atoms with Crippen molar-refractivity contribution in [2.45, 2.75) is 33.1 Å². The number of rotatable bonds is 3. The third-order valence-corrected chi connectivity index (χ3v) is 5.96. The van der Waals surface area contributed by atoms with E-state index in [0.717, 1.165) is 41.7 Å². The van der Waals surface area contributed by atoms with E-state index < -0.39 is 0 Å². The van der Waals surface area contributed by atoms with E-state index in [9.17, 15) is 5.11 Å². The highest BCUT2D eigenvalue weighted by molar-refractivity contribution is 5.94. The van der Waals surface area contributed by atoms with Gasteiger partial charge in [0, 0.05) is 17.3 Å². The van der Waals surface area contributed by atoms with Gasteiger partial charge in [0.15, 0.2) is 17.3 Å². The maximum atomic E-state index is 10.8. The maximum absolute atomic E-state index is 10.8. The highest BCUT2D eigenvalue weighted by Gasteiger charge is 2.22. The van der Waals surface area contributed by atoms with Gasteiger partial charge in [-0.05, 0) is 81.4 Å². The van der Waals surface area contributed by atoms with Crippen LogP contribution in [0.2, 0.25) is 0 Å². The Kier molecular flexibility index (Phi) is 4.43. The molecule has 1 fully saturated rings. The third kappa shape index (κ3) is 3.23. The first-order valence-corrected chi connectivity index (χ1v) is 10.2. The average molecular weight is 388 g/mol. The van der Waals surface area contributed by atoms with E-state index >= 15 is 0 Å². The Morgan fingerprint density at radius 3 is 2.79 bits per heavy atom. The number of nitrogens with zero attached hydrogens (tertiary/aromatic N) is 3. The summed E-state index contributed by atoms with van der Waals surface area (Å²) in [6, 6.07) is 7.90. The van der Waals surface area contributed by atoms with Crippen molar-refractivity contribution in [2.24, 2.45) is 16.1 Å². The van der Waals surface area contributed by atoms with E-state index in [2.05, 4.69) is 33.5 Å². The number of nitrogens with one attached hydrogen (secondary N) is 1. The molecule has 2 N–H and O–H groups in total. The number of aryl methyl sites for hydroxylation is 2. The lowest BCUT2D eigenvalue weighted by Gasteiger charge is -2.23. The molecular formula is C23H24N4O2. The van der Waals surface area contributed by atoms with Crippen molar-refractivity contribution in [2.75, 3.05) is 13.1 Å². The molecule has 3 aromatic rings. The standard InChI is InChI=1S/C23H24N4O2/c1-13-3-5-17-21(28)20(12-19-16-6-4-14(2)25-23(16)27-26-19)29-22(17)18(13)11-15-7-9-24-10-8-15/h3-6,12,15,24,28H,7-11H2,1-2H3. The van der Waals surface area contributed by atoms with Crippen LogP contribution in [-0.4, -0.2) is 23.2 Å². The number of aromatic hydroxyl groups is 1. The largest absolute Gasteiger partial charge is 0.504 e. The monoisotopic (exact) mass is 388 g/mol. The Morgan fingerprint density at radius 2 is 1.97 bits per heavy atom. The summed E-state index contributed by atoms with van der Waals surface area (Å²) in [5, 5.41) is 23.4. The molecule has 6 heteroatoms. The first-order chi connectivity index (χ1) is 14.1. The SMILES string of the molecule is Cc1ccc2c(n1)N=NC2=Cc1oc2c(CC3CCNCC3)c(C)ccc2c1O. The lowest BCUT2D eigenvalue weighted by atomic mass is 9.88. The molecule has 4 heterocycles. The van der Waals surface area contributed by atoms with Crippen LogP contribution in [-0.2, 0) is 6.42 Å². The van der Waals surface area contributed by atoms with E-state index in [1.54, 1.807) is 6.08 Å². The van der Waals surface area contributed by atoms with Crippen molar-refractivity contribution in [1.29, 1.82) is 0 Å². The second-order valence-corrected chi connectivity index (χ2v) is 8.00. The lowest BCUT2D eigenvalue weighted by molar-refractivity contribution is 0.371. The van der Waals surface area contributed by atoms with Gasteiger partial charge in [-0.3, -0.25) is 0 Å². The fourth-order valence-electron chi connectivity index (χ4n) is 4.25.